The van der Waals surface area contributed by atoms with Gasteiger partial charge in [0.05, 0.1) is 0 Å². The van der Waals surface area contributed by atoms with E-state index in [0.717, 1.165) is 12.3 Å². The molecule has 0 saturated heterocycles. The van der Waals surface area contributed by atoms with Crippen LogP contribution < -0.4 is 11.5 Å². The molecule has 1 fully saturated rings. The number of nitrogens with two attached hydrogens (primary N) is 2. The number of hydrogen-bond acceptors (Lipinski definition) is 2. The van der Waals surface area contributed by atoms with Crippen LogP contribution in [0.3, 0.4) is 0 Å². The number of halogens is 2. The van der Waals surface area contributed by atoms with Crippen LogP contribution in [-0.2, 0) is 0 Å². The van der Waals surface area contributed by atoms with Gasteiger partial charge in [-0.25, -0.2) is 0 Å². The number of rotatable bonds is 3. The van der Waals surface area contributed by atoms with Crippen molar-refractivity contribution in [2.75, 3.05) is 0 Å². The first-order valence-electron chi connectivity index (χ1n) is 3.71. The van der Waals surface area contributed by atoms with E-state index in [2.05, 4.69) is 0 Å². The van der Waals surface area contributed by atoms with E-state index in [4.69, 9.17) is 11.5 Å². The maximum absolute atomic E-state index is 5.61. The summed E-state index contributed by atoms with van der Waals surface area (Å²) >= 11 is 0. The summed E-state index contributed by atoms with van der Waals surface area (Å²) in [4.78, 5) is 0. The Bertz CT molecular complexity index is 98.4. The molecule has 0 aromatic heterocycles. The van der Waals surface area contributed by atoms with Gasteiger partial charge in [0, 0.05) is 12.1 Å². The molecule has 11 heavy (non-hydrogen) atoms. The fraction of sp³-hybridized carbons (Fsp3) is 1.00. The molecule has 1 rings (SSSR count). The molecule has 70 valence electrons. The van der Waals surface area contributed by atoms with Gasteiger partial charge in [-0.05, 0) is 32.1 Å². The molecule has 4 heteroatoms. The predicted molar refractivity (Wildman–Crippen MR) is 53.5 cm³/mol. The summed E-state index contributed by atoms with van der Waals surface area (Å²) in [6.45, 7) is 2.05. The minimum atomic E-state index is 0. The summed E-state index contributed by atoms with van der Waals surface area (Å²) in [5, 5.41) is 0. The largest absolute Gasteiger partial charge is 0.328 e. The van der Waals surface area contributed by atoms with Gasteiger partial charge in [-0.1, -0.05) is 0 Å². The second-order valence-electron chi connectivity index (χ2n) is 3.21. The third-order valence-electron chi connectivity index (χ3n) is 1.97. The Hall–Kier alpha value is 0.500. The topological polar surface area (TPSA) is 52.0 Å². The maximum atomic E-state index is 5.61. The molecule has 1 aliphatic rings. The maximum Gasteiger partial charge on any atom is 0.00709 e. The van der Waals surface area contributed by atoms with Gasteiger partial charge in [0.2, 0.25) is 0 Å². The second kappa shape index (κ2) is 6.06. The third-order valence-corrected chi connectivity index (χ3v) is 1.97. The fourth-order valence-electron chi connectivity index (χ4n) is 1.08. The molecule has 0 bridgehead atoms. The minimum absolute atomic E-state index is 0. The van der Waals surface area contributed by atoms with Gasteiger partial charge in [0.25, 0.3) is 0 Å². The molecule has 1 saturated carbocycles. The predicted octanol–water partition coefficient (Wildman–Crippen LogP) is 1.30. The van der Waals surface area contributed by atoms with Crippen molar-refractivity contribution in [3.8, 4) is 0 Å². The average molecular weight is 201 g/mol. The van der Waals surface area contributed by atoms with Crippen LogP contribution >= 0.6 is 24.8 Å². The highest BCUT2D eigenvalue weighted by atomic mass is 35.5. The highest BCUT2D eigenvalue weighted by Crippen LogP contribution is 2.32. The van der Waals surface area contributed by atoms with Crippen molar-refractivity contribution in [1.82, 2.24) is 0 Å². The molecule has 0 amide bonds. The SMILES string of the molecule is CC(N)CCC1CC1N.Cl.Cl. The van der Waals surface area contributed by atoms with Crippen molar-refractivity contribution >= 4 is 24.8 Å². The van der Waals surface area contributed by atoms with Gasteiger partial charge in [-0.2, -0.15) is 0 Å². The Kier molecular flexibility index (Phi) is 7.75. The van der Waals surface area contributed by atoms with Gasteiger partial charge in [0.15, 0.2) is 0 Å². The Labute approximate surface area is 80.9 Å². The average Bonchev–Trinajstić information content (AvgIpc) is 2.42. The zero-order chi connectivity index (χ0) is 6.85. The fourth-order valence-corrected chi connectivity index (χ4v) is 1.08. The van der Waals surface area contributed by atoms with E-state index in [0.29, 0.717) is 12.1 Å². The van der Waals surface area contributed by atoms with E-state index in [1.54, 1.807) is 0 Å². The van der Waals surface area contributed by atoms with Crippen molar-refractivity contribution in [3.05, 3.63) is 0 Å². The van der Waals surface area contributed by atoms with Crippen molar-refractivity contribution in [3.63, 3.8) is 0 Å². The van der Waals surface area contributed by atoms with Crippen LogP contribution in [0.25, 0.3) is 0 Å². The van der Waals surface area contributed by atoms with Crippen molar-refractivity contribution < 1.29 is 0 Å². The summed E-state index contributed by atoms with van der Waals surface area (Å²) in [5.74, 6) is 0.802. The Morgan fingerprint density at radius 2 is 1.91 bits per heavy atom. The lowest BCUT2D eigenvalue weighted by Gasteiger charge is -2.01. The molecule has 0 heterocycles. The first kappa shape index (κ1) is 14.0. The molecule has 3 unspecified atom stereocenters. The van der Waals surface area contributed by atoms with Gasteiger partial charge < -0.3 is 11.5 Å². The first-order valence-corrected chi connectivity index (χ1v) is 3.71. The van der Waals surface area contributed by atoms with Crippen LogP contribution in [0.2, 0.25) is 0 Å². The Morgan fingerprint density at radius 3 is 2.18 bits per heavy atom. The van der Waals surface area contributed by atoms with E-state index >= 15 is 0 Å². The molecular weight excluding hydrogens is 183 g/mol. The van der Waals surface area contributed by atoms with E-state index in [-0.39, 0.29) is 24.8 Å². The van der Waals surface area contributed by atoms with E-state index in [9.17, 15) is 0 Å². The smallest absolute Gasteiger partial charge is 0.00709 e. The normalized spacial score (nSPS) is 29.7. The Morgan fingerprint density at radius 1 is 1.45 bits per heavy atom. The zero-order valence-corrected chi connectivity index (χ0v) is 8.46. The quantitative estimate of drug-likeness (QED) is 0.723. The Balaban J connectivity index is 0. The van der Waals surface area contributed by atoms with E-state index in [1.807, 2.05) is 6.92 Å². The molecule has 0 aromatic rings. The van der Waals surface area contributed by atoms with Gasteiger partial charge in [0.1, 0.15) is 0 Å². The first-order chi connectivity index (χ1) is 4.20. The lowest BCUT2D eigenvalue weighted by molar-refractivity contribution is 0.577. The van der Waals surface area contributed by atoms with Crippen LogP contribution in [0, 0.1) is 5.92 Å². The molecule has 0 aromatic carbocycles. The molecule has 2 nitrogen and oxygen atoms in total. The molecule has 4 N–H and O–H groups in total. The van der Waals surface area contributed by atoms with Crippen LogP contribution in [-0.4, -0.2) is 12.1 Å². The van der Waals surface area contributed by atoms with Gasteiger partial charge in [-0.15, -0.1) is 24.8 Å². The van der Waals surface area contributed by atoms with Crippen molar-refractivity contribution in [1.29, 1.82) is 0 Å². The van der Waals surface area contributed by atoms with Crippen LogP contribution in [0.4, 0.5) is 0 Å². The van der Waals surface area contributed by atoms with Crippen molar-refractivity contribution in [2.45, 2.75) is 38.3 Å². The highest BCUT2D eigenvalue weighted by molar-refractivity contribution is 5.85. The van der Waals surface area contributed by atoms with Gasteiger partial charge >= 0.3 is 0 Å². The molecule has 1 aliphatic carbocycles. The molecule has 0 spiro atoms. The van der Waals surface area contributed by atoms with Gasteiger partial charge in [-0.3, -0.25) is 0 Å². The minimum Gasteiger partial charge on any atom is -0.328 e. The van der Waals surface area contributed by atoms with Crippen molar-refractivity contribution in [2.24, 2.45) is 17.4 Å². The van der Waals surface area contributed by atoms with Crippen LogP contribution in [0.5, 0.6) is 0 Å². The lowest BCUT2D eigenvalue weighted by Crippen LogP contribution is -2.15. The second-order valence-corrected chi connectivity index (χ2v) is 3.21. The number of hydrogen-bond donors (Lipinski definition) is 2. The zero-order valence-electron chi connectivity index (χ0n) is 6.82. The van der Waals surface area contributed by atoms with E-state index in [1.165, 1.54) is 12.8 Å². The summed E-state index contributed by atoms with van der Waals surface area (Å²) in [6, 6.07) is 0.863. The van der Waals surface area contributed by atoms with Crippen LogP contribution in [0.15, 0.2) is 0 Å². The monoisotopic (exact) mass is 200 g/mol. The molecule has 3 atom stereocenters. The van der Waals surface area contributed by atoms with Crippen LogP contribution in [0.1, 0.15) is 26.2 Å². The summed E-state index contributed by atoms with van der Waals surface area (Å²) < 4.78 is 0. The highest BCUT2D eigenvalue weighted by Gasteiger charge is 2.32. The standard InChI is InChI=1S/C7H16N2.2ClH/c1-5(8)2-3-6-4-7(6)9;;/h5-7H,2-4,8-9H2,1H3;2*1H. The summed E-state index contributed by atoms with van der Waals surface area (Å²) in [5.41, 5.74) is 11.2. The van der Waals surface area contributed by atoms with E-state index < -0.39 is 0 Å². The lowest BCUT2D eigenvalue weighted by atomic mass is 10.1. The summed E-state index contributed by atoms with van der Waals surface area (Å²) in [6.07, 6.45) is 3.60. The molecule has 0 aliphatic heterocycles. The molecule has 0 radical (unpaired) electrons. The molecular formula is C7H18Cl2N2. The summed E-state index contributed by atoms with van der Waals surface area (Å²) in [7, 11) is 0. The third kappa shape index (κ3) is 5.74.